The van der Waals surface area contributed by atoms with Crippen molar-refractivity contribution in [2.75, 3.05) is 4.72 Å². The Morgan fingerprint density at radius 3 is 2.50 bits per heavy atom. The standard InChI is InChI=1S/C18H17FN2O4S/c1-12-18(13(2)25-20-12)26(22,23)21-16-6-8-17(9-7-16)24-11-14-4-3-5-15(19)10-14/h3-10,21H,11H2,1-2H3. The zero-order valence-corrected chi connectivity index (χ0v) is 15.0. The Labute approximate surface area is 150 Å². The maximum atomic E-state index is 13.1. The van der Waals surface area contributed by atoms with E-state index in [-0.39, 0.29) is 23.1 Å². The van der Waals surface area contributed by atoms with Gasteiger partial charge in [-0.2, -0.15) is 0 Å². The van der Waals surface area contributed by atoms with Crippen molar-refractivity contribution in [1.29, 1.82) is 0 Å². The van der Waals surface area contributed by atoms with E-state index in [9.17, 15) is 12.8 Å². The number of sulfonamides is 1. The summed E-state index contributed by atoms with van der Waals surface area (Å²) in [4.78, 5) is 0.0314. The van der Waals surface area contributed by atoms with Crippen molar-refractivity contribution >= 4 is 15.7 Å². The van der Waals surface area contributed by atoms with Crippen molar-refractivity contribution in [2.45, 2.75) is 25.3 Å². The van der Waals surface area contributed by atoms with Gasteiger partial charge in [0.25, 0.3) is 10.0 Å². The highest BCUT2D eigenvalue weighted by Gasteiger charge is 2.24. The van der Waals surface area contributed by atoms with Crippen molar-refractivity contribution in [3.63, 3.8) is 0 Å². The number of aryl methyl sites for hydroxylation is 2. The fraction of sp³-hybridized carbons (Fsp3) is 0.167. The number of benzene rings is 2. The number of nitrogens with zero attached hydrogens (tertiary/aromatic N) is 1. The van der Waals surface area contributed by atoms with E-state index in [1.165, 1.54) is 19.1 Å². The Morgan fingerprint density at radius 1 is 1.15 bits per heavy atom. The van der Waals surface area contributed by atoms with Crippen LogP contribution in [0.2, 0.25) is 0 Å². The number of hydrogen-bond acceptors (Lipinski definition) is 5. The Bertz CT molecular complexity index is 994. The SMILES string of the molecule is Cc1noc(C)c1S(=O)(=O)Nc1ccc(OCc2cccc(F)c2)cc1. The van der Waals surface area contributed by atoms with Crippen LogP contribution in [0.1, 0.15) is 17.0 Å². The van der Waals surface area contributed by atoms with Crippen molar-refractivity contribution < 1.29 is 22.1 Å². The quantitative estimate of drug-likeness (QED) is 0.707. The van der Waals surface area contributed by atoms with Crippen LogP contribution in [0.4, 0.5) is 10.1 Å². The van der Waals surface area contributed by atoms with Crippen LogP contribution < -0.4 is 9.46 Å². The highest BCUT2D eigenvalue weighted by molar-refractivity contribution is 7.92. The van der Waals surface area contributed by atoms with Gasteiger partial charge >= 0.3 is 0 Å². The van der Waals surface area contributed by atoms with Crippen LogP contribution in [-0.2, 0) is 16.6 Å². The predicted octanol–water partition coefficient (Wildman–Crippen LogP) is 3.81. The molecule has 1 N–H and O–H groups in total. The van der Waals surface area contributed by atoms with E-state index in [4.69, 9.17) is 9.26 Å². The summed E-state index contributed by atoms with van der Waals surface area (Å²) in [6.07, 6.45) is 0. The van der Waals surface area contributed by atoms with Crippen molar-refractivity contribution in [3.05, 3.63) is 71.4 Å². The van der Waals surface area contributed by atoms with Crippen LogP contribution in [0.5, 0.6) is 5.75 Å². The number of nitrogens with one attached hydrogen (secondary N) is 1. The molecule has 2 aromatic carbocycles. The molecule has 0 fully saturated rings. The molecule has 3 aromatic rings. The molecule has 26 heavy (non-hydrogen) atoms. The molecule has 0 amide bonds. The number of anilines is 1. The average Bonchev–Trinajstić information content (AvgIpc) is 2.93. The maximum Gasteiger partial charge on any atom is 0.267 e. The summed E-state index contributed by atoms with van der Waals surface area (Å²) < 4.78 is 51.0. The van der Waals surface area contributed by atoms with Gasteiger partial charge in [0.1, 0.15) is 23.9 Å². The van der Waals surface area contributed by atoms with Gasteiger partial charge in [-0.15, -0.1) is 0 Å². The molecular weight excluding hydrogens is 359 g/mol. The number of hydrogen-bond donors (Lipinski definition) is 1. The summed E-state index contributed by atoms with van der Waals surface area (Å²) in [5.74, 6) is 0.440. The molecule has 136 valence electrons. The van der Waals surface area contributed by atoms with E-state index >= 15 is 0 Å². The normalized spacial score (nSPS) is 11.3. The number of rotatable bonds is 6. The zero-order chi connectivity index (χ0) is 18.7. The Hall–Kier alpha value is -2.87. The van der Waals surface area contributed by atoms with Crippen LogP contribution in [-0.4, -0.2) is 13.6 Å². The molecule has 1 aromatic heterocycles. The lowest BCUT2D eigenvalue weighted by Crippen LogP contribution is -2.14. The van der Waals surface area contributed by atoms with Crippen LogP contribution in [0.3, 0.4) is 0 Å². The molecule has 6 nitrogen and oxygen atoms in total. The smallest absolute Gasteiger partial charge is 0.267 e. The number of halogens is 1. The molecular formula is C18H17FN2O4S. The highest BCUT2D eigenvalue weighted by atomic mass is 32.2. The van der Waals surface area contributed by atoms with Crippen molar-refractivity contribution in [3.8, 4) is 5.75 Å². The molecule has 0 saturated carbocycles. The van der Waals surface area contributed by atoms with Crippen LogP contribution in [0.25, 0.3) is 0 Å². The summed E-state index contributed by atoms with van der Waals surface area (Å²) in [7, 11) is -3.79. The van der Waals surface area contributed by atoms with Gasteiger partial charge in [0.05, 0.1) is 0 Å². The molecule has 0 atom stereocenters. The Kier molecular flexibility index (Phi) is 4.94. The van der Waals surface area contributed by atoms with E-state index in [1.807, 2.05) is 0 Å². The van der Waals surface area contributed by atoms with Gasteiger partial charge in [0.15, 0.2) is 10.7 Å². The molecule has 1 heterocycles. The maximum absolute atomic E-state index is 13.1. The predicted molar refractivity (Wildman–Crippen MR) is 94.0 cm³/mol. The highest BCUT2D eigenvalue weighted by Crippen LogP contribution is 2.24. The molecule has 0 bridgehead atoms. The summed E-state index contributed by atoms with van der Waals surface area (Å²) in [5.41, 5.74) is 1.38. The van der Waals surface area contributed by atoms with Crippen molar-refractivity contribution in [2.24, 2.45) is 0 Å². The second-order valence-corrected chi connectivity index (χ2v) is 7.32. The molecule has 0 aliphatic heterocycles. The molecule has 0 aliphatic carbocycles. The first kappa shape index (κ1) is 17.9. The van der Waals surface area contributed by atoms with Crippen LogP contribution in [0.15, 0.2) is 57.9 Å². The van der Waals surface area contributed by atoms with Gasteiger partial charge in [0.2, 0.25) is 0 Å². The molecule has 0 radical (unpaired) electrons. The lowest BCUT2D eigenvalue weighted by molar-refractivity contribution is 0.305. The third kappa shape index (κ3) is 4.02. The molecule has 0 spiro atoms. The van der Waals surface area contributed by atoms with Gasteiger partial charge in [-0.25, -0.2) is 12.8 Å². The van der Waals surface area contributed by atoms with Gasteiger partial charge in [0, 0.05) is 5.69 Å². The van der Waals surface area contributed by atoms with Gasteiger partial charge in [-0.1, -0.05) is 17.3 Å². The lowest BCUT2D eigenvalue weighted by Gasteiger charge is -2.10. The van der Waals surface area contributed by atoms with E-state index in [0.29, 0.717) is 22.7 Å². The van der Waals surface area contributed by atoms with E-state index in [0.717, 1.165) is 0 Å². The minimum atomic E-state index is -3.79. The minimum absolute atomic E-state index is 0.0314. The van der Waals surface area contributed by atoms with E-state index < -0.39 is 10.0 Å². The summed E-state index contributed by atoms with van der Waals surface area (Å²) >= 11 is 0. The topological polar surface area (TPSA) is 81.4 Å². The first-order chi connectivity index (χ1) is 12.3. The molecule has 8 heteroatoms. The average molecular weight is 376 g/mol. The third-order valence-electron chi connectivity index (χ3n) is 3.64. The van der Waals surface area contributed by atoms with Gasteiger partial charge < -0.3 is 9.26 Å². The Morgan fingerprint density at radius 2 is 1.88 bits per heavy atom. The fourth-order valence-corrected chi connectivity index (χ4v) is 3.87. The van der Waals surface area contributed by atoms with E-state index in [2.05, 4.69) is 9.88 Å². The first-order valence-corrected chi connectivity index (χ1v) is 9.26. The van der Waals surface area contributed by atoms with Gasteiger partial charge in [-0.3, -0.25) is 4.72 Å². The summed E-state index contributed by atoms with van der Waals surface area (Å²) in [6.45, 7) is 3.31. The largest absolute Gasteiger partial charge is 0.489 e. The first-order valence-electron chi connectivity index (χ1n) is 7.78. The second kappa shape index (κ2) is 7.17. The molecule has 3 rings (SSSR count). The summed E-state index contributed by atoms with van der Waals surface area (Å²) in [6, 6.07) is 12.5. The molecule has 0 unspecified atom stereocenters. The van der Waals surface area contributed by atoms with Crippen LogP contribution in [0, 0.1) is 19.7 Å². The van der Waals surface area contributed by atoms with E-state index in [1.54, 1.807) is 43.3 Å². The van der Waals surface area contributed by atoms with Crippen LogP contribution >= 0.6 is 0 Å². The number of aromatic nitrogens is 1. The van der Waals surface area contributed by atoms with Gasteiger partial charge in [-0.05, 0) is 55.8 Å². The van der Waals surface area contributed by atoms with Crippen molar-refractivity contribution in [1.82, 2.24) is 5.16 Å². The monoisotopic (exact) mass is 376 g/mol. The minimum Gasteiger partial charge on any atom is -0.489 e. The summed E-state index contributed by atoms with van der Waals surface area (Å²) in [5, 5.41) is 3.66. The fourth-order valence-electron chi connectivity index (χ4n) is 2.48. The zero-order valence-electron chi connectivity index (χ0n) is 14.2. The second-order valence-electron chi connectivity index (χ2n) is 5.70. The molecule has 0 aliphatic rings. The molecule has 0 saturated heterocycles. The Balaban J connectivity index is 1.68. The number of ether oxygens (including phenoxy) is 1. The third-order valence-corrected chi connectivity index (χ3v) is 5.26. The lowest BCUT2D eigenvalue weighted by atomic mass is 10.2.